The van der Waals surface area contributed by atoms with Crippen molar-refractivity contribution in [3.8, 4) is 5.69 Å². The van der Waals surface area contributed by atoms with E-state index in [-0.39, 0.29) is 30.0 Å². The van der Waals surface area contributed by atoms with Gasteiger partial charge in [-0.15, -0.1) is 34.2 Å². The topological polar surface area (TPSA) is 84.4 Å². The van der Waals surface area contributed by atoms with Crippen molar-refractivity contribution in [2.75, 3.05) is 13.6 Å². The number of halogens is 1. The van der Waals surface area contributed by atoms with E-state index in [1.807, 2.05) is 57.9 Å². The Labute approximate surface area is 192 Å². The highest BCUT2D eigenvalue weighted by molar-refractivity contribution is 14.0. The minimum atomic E-state index is 0. The first-order valence-corrected chi connectivity index (χ1v) is 9.60. The number of nitrogens with zero attached hydrogens (tertiary/aromatic N) is 6. The number of aliphatic imine (C=N–C) groups is 1. The lowest BCUT2D eigenvalue weighted by molar-refractivity contribution is 0.678. The first kappa shape index (κ1) is 21.8. The van der Waals surface area contributed by atoms with Gasteiger partial charge in [-0.05, 0) is 42.8 Å². The lowest BCUT2D eigenvalue weighted by Crippen LogP contribution is -2.39. The molecule has 0 amide bonds. The van der Waals surface area contributed by atoms with Crippen LogP contribution in [0.15, 0.2) is 72.1 Å². The summed E-state index contributed by atoms with van der Waals surface area (Å²) < 4.78 is 3.85. The van der Waals surface area contributed by atoms with Gasteiger partial charge in [0.25, 0.3) is 0 Å². The average Bonchev–Trinajstić information content (AvgIpc) is 3.43. The van der Waals surface area contributed by atoms with Crippen LogP contribution < -0.4 is 10.6 Å². The fourth-order valence-corrected chi connectivity index (χ4v) is 3.20. The lowest BCUT2D eigenvalue weighted by atomic mass is 10.1. The molecule has 156 valence electrons. The molecule has 9 heteroatoms. The molecular formula is C21H25IN8. The molecule has 1 aromatic carbocycles. The third-order valence-corrected chi connectivity index (χ3v) is 4.74. The minimum Gasteiger partial charge on any atom is -0.356 e. The largest absolute Gasteiger partial charge is 0.356 e. The number of guanidine groups is 1. The number of benzene rings is 1. The summed E-state index contributed by atoms with van der Waals surface area (Å²) in [5, 5.41) is 19.5. The lowest BCUT2D eigenvalue weighted by Gasteiger charge is -2.19. The number of hydrogen-bond acceptors (Lipinski definition) is 4. The number of hydrogen-bond donors (Lipinski definition) is 2. The molecule has 0 saturated heterocycles. The summed E-state index contributed by atoms with van der Waals surface area (Å²) in [5.74, 6) is 1.67. The Morgan fingerprint density at radius 2 is 2.00 bits per heavy atom. The van der Waals surface area contributed by atoms with Gasteiger partial charge in [-0.3, -0.25) is 9.39 Å². The molecule has 0 aliphatic rings. The van der Waals surface area contributed by atoms with Crippen molar-refractivity contribution >= 4 is 35.6 Å². The van der Waals surface area contributed by atoms with Crippen molar-refractivity contribution < 1.29 is 0 Å². The predicted molar refractivity (Wildman–Crippen MR) is 129 cm³/mol. The molecule has 30 heavy (non-hydrogen) atoms. The van der Waals surface area contributed by atoms with Crippen LogP contribution in [0.3, 0.4) is 0 Å². The van der Waals surface area contributed by atoms with E-state index in [0.29, 0.717) is 6.54 Å². The molecule has 0 radical (unpaired) electrons. The third-order valence-electron chi connectivity index (χ3n) is 4.74. The highest BCUT2D eigenvalue weighted by atomic mass is 127. The van der Waals surface area contributed by atoms with Crippen LogP contribution in [0.25, 0.3) is 11.3 Å². The number of nitrogens with one attached hydrogen (secondary N) is 2. The number of fused-ring (bicyclic) bond motifs is 1. The van der Waals surface area contributed by atoms with Gasteiger partial charge >= 0.3 is 0 Å². The minimum absolute atomic E-state index is 0. The maximum absolute atomic E-state index is 4.34. The Morgan fingerprint density at radius 3 is 2.80 bits per heavy atom. The number of aromatic nitrogens is 5. The van der Waals surface area contributed by atoms with Crippen LogP contribution in [0.1, 0.15) is 24.4 Å². The van der Waals surface area contributed by atoms with Gasteiger partial charge in [-0.2, -0.15) is 5.10 Å². The first-order chi connectivity index (χ1) is 14.2. The molecular weight excluding hydrogens is 491 g/mol. The summed E-state index contributed by atoms with van der Waals surface area (Å²) in [4.78, 5) is 4.34. The van der Waals surface area contributed by atoms with Crippen LogP contribution in [0.2, 0.25) is 0 Å². The average molecular weight is 516 g/mol. The normalized spacial score (nSPS) is 12.4. The highest BCUT2D eigenvalue weighted by Gasteiger charge is 2.10. The maximum atomic E-state index is 4.34. The van der Waals surface area contributed by atoms with Gasteiger partial charge in [0.1, 0.15) is 5.82 Å². The molecule has 3 aromatic heterocycles. The Kier molecular flexibility index (Phi) is 7.39. The van der Waals surface area contributed by atoms with E-state index >= 15 is 0 Å². The van der Waals surface area contributed by atoms with E-state index in [2.05, 4.69) is 50.0 Å². The molecule has 0 aliphatic carbocycles. The summed E-state index contributed by atoms with van der Waals surface area (Å²) >= 11 is 0. The molecule has 1 atom stereocenters. The van der Waals surface area contributed by atoms with E-state index in [0.717, 1.165) is 35.1 Å². The van der Waals surface area contributed by atoms with Crippen molar-refractivity contribution in [3.63, 3.8) is 0 Å². The summed E-state index contributed by atoms with van der Waals surface area (Å²) in [6, 6.07) is 16.2. The molecule has 0 saturated carbocycles. The maximum Gasteiger partial charge on any atom is 0.191 e. The molecule has 4 aromatic rings. The zero-order valence-corrected chi connectivity index (χ0v) is 19.3. The molecule has 0 aliphatic heterocycles. The Balaban J connectivity index is 0.00000256. The second-order valence-corrected chi connectivity index (χ2v) is 6.71. The summed E-state index contributed by atoms with van der Waals surface area (Å²) in [7, 11) is 1.77. The van der Waals surface area contributed by atoms with E-state index < -0.39 is 0 Å². The van der Waals surface area contributed by atoms with Crippen molar-refractivity contribution in [3.05, 3.63) is 78.5 Å². The van der Waals surface area contributed by atoms with Crippen LogP contribution in [0.4, 0.5) is 0 Å². The third kappa shape index (κ3) is 4.96. The second-order valence-electron chi connectivity index (χ2n) is 6.71. The monoisotopic (exact) mass is 516 g/mol. The van der Waals surface area contributed by atoms with Gasteiger partial charge in [-0.25, -0.2) is 4.68 Å². The molecule has 0 bridgehead atoms. The number of pyridine rings is 1. The molecule has 4 rings (SSSR count). The molecule has 3 heterocycles. The molecule has 1 unspecified atom stereocenters. The standard InChI is InChI=1S/C21H24N8.HI/c1-16(17-7-5-8-18(15-17)29-14-6-11-24-29)25-21(22-2)23-12-10-20-27-26-19-9-3-4-13-28(19)20;/h3-9,11,13-16H,10,12H2,1-2H3,(H2,22,23,25);1H. The first-order valence-electron chi connectivity index (χ1n) is 9.60. The molecule has 0 fully saturated rings. The Morgan fingerprint density at radius 1 is 1.10 bits per heavy atom. The predicted octanol–water partition coefficient (Wildman–Crippen LogP) is 3.00. The van der Waals surface area contributed by atoms with Crippen molar-refractivity contribution in [1.29, 1.82) is 0 Å². The Bertz CT molecular complexity index is 1100. The quantitative estimate of drug-likeness (QED) is 0.234. The van der Waals surface area contributed by atoms with Crippen molar-refractivity contribution in [2.24, 2.45) is 4.99 Å². The second kappa shape index (κ2) is 10.2. The van der Waals surface area contributed by atoms with Crippen molar-refractivity contribution in [2.45, 2.75) is 19.4 Å². The van der Waals surface area contributed by atoms with Gasteiger partial charge in [0, 0.05) is 38.6 Å². The summed E-state index contributed by atoms with van der Waals surface area (Å²) in [6.45, 7) is 2.82. The summed E-state index contributed by atoms with van der Waals surface area (Å²) in [5.41, 5.74) is 3.04. The SMILES string of the molecule is CN=C(NCCc1nnc2ccccn12)NC(C)c1cccc(-n2cccn2)c1.I. The van der Waals surface area contributed by atoms with E-state index in [1.165, 1.54) is 0 Å². The van der Waals surface area contributed by atoms with Gasteiger partial charge in [0.05, 0.1) is 11.7 Å². The molecule has 2 N–H and O–H groups in total. The van der Waals surface area contributed by atoms with Crippen LogP contribution >= 0.6 is 24.0 Å². The van der Waals surface area contributed by atoms with Crippen LogP contribution in [-0.2, 0) is 6.42 Å². The van der Waals surface area contributed by atoms with Crippen LogP contribution in [0.5, 0.6) is 0 Å². The zero-order chi connectivity index (χ0) is 20.1. The van der Waals surface area contributed by atoms with Gasteiger partial charge in [0.2, 0.25) is 0 Å². The Hall–Kier alpha value is -2.95. The summed E-state index contributed by atoms with van der Waals surface area (Å²) in [6.07, 6.45) is 6.44. The van der Waals surface area contributed by atoms with E-state index in [4.69, 9.17) is 0 Å². The van der Waals surface area contributed by atoms with Crippen molar-refractivity contribution in [1.82, 2.24) is 35.0 Å². The fourth-order valence-electron chi connectivity index (χ4n) is 3.20. The zero-order valence-electron chi connectivity index (χ0n) is 16.9. The smallest absolute Gasteiger partial charge is 0.191 e. The van der Waals surface area contributed by atoms with E-state index in [1.54, 1.807) is 13.2 Å². The van der Waals surface area contributed by atoms with Gasteiger partial charge in [0.15, 0.2) is 11.6 Å². The van der Waals surface area contributed by atoms with Gasteiger partial charge in [-0.1, -0.05) is 18.2 Å². The number of rotatable bonds is 6. The van der Waals surface area contributed by atoms with Crippen LogP contribution in [0, 0.1) is 0 Å². The van der Waals surface area contributed by atoms with Crippen LogP contribution in [-0.4, -0.2) is 43.9 Å². The fraction of sp³-hybridized carbons (Fsp3) is 0.238. The molecule has 8 nitrogen and oxygen atoms in total. The van der Waals surface area contributed by atoms with E-state index in [9.17, 15) is 0 Å². The highest BCUT2D eigenvalue weighted by Crippen LogP contribution is 2.16. The van der Waals surface area contributed by atoms with Gasteiger partial charge < -0.3 is 10.6 Å². The molecule has 0 spiro atoms.